The Kier molecular flexibility index (Phi) is 3.56. The summed E-state index contributed by atoms with van der Waals surface area (Å²) in [5, 5.41) is 18.6. The number of nitro benzene ring substituents is 1. The van der Waals surface area contributed by atoms with Crippen LogP contribution in [0.5, 0.6) is 0 Å². The molecule has 0 aliphatic heterocycles. The van der Waals surface area contributed by atoms with E-state index in [1.54, 1.807) is 0 Å². The molecular weight excluding hydrogens is 217 g/mol. The summed E-state index contributed by atoms with van der Waals surface area (Å²) in [6.07, 6.45) is -0.362. The zero-order valence-corrected chi connectivity index (χ0v) is 7.94. The third-order valence-electron chi connectivity index (χ3n) is 1.62. The highest BCUT2D eigenvalue weighted by Gasteiger charge is 2.12. The molecule has 6 heteroatoms. The number of rotatable bonds is 2. The van der Waals surface area contributed by atoms with Gasteiger partial charge >= 0.3 is 11.7 Å². The van der Waals surface area contributed by atoms with Crippen LogP contribution in [0.4, 0.5) is 10.1 Å². The molecule has 0 aromatic heterocycles. The Morgan fingerprint density at radius 3 is 2.75 bits per heavy atom. The Bertz CT molecular complexity index is 501. The molecule has 5 nitrogen and oxygen atoms in total. The number of carbonyl (C=O) groups is 1. The minimum Gasteiger partial charge on any atom is -0.481 e. The molecule has 82 valence electrons. The highest BCUT2D eigenvalue weighted by atomic mass is 19.1. The van der Waals surface area contributed by atoms with Crippen LogP contribution >= 0.6 is 0 Å². The van der Waals surface area contributed by atoms with E-state index < -0.39 is 22.4 Å². The number of benzene rings is 1. The SMILES string of the molecule is O=C(O)CC#Cc1ccc([N+](=O)[O-])c(F)c1. The minimum absolute atomic E-state index is 0.198. The summed E-state index contributed by atoms with van der Waals surface area (Å²) < 4.78 is 13.1. The second-order valence-corrected chi connectivity index (χ2v) is 2.80. The third-order valence-corrected chi connectivity index (χ3v) is 1.62. The van der Waals surface area contributed by atoms with E-state index >= 15 is 0 Å². The molecule has 1 aromatic rings. The second kappa shape index (κ2) is 4.89. The van der Waals surface area contributed by atoms with Crippen molar-refractivity contribution in [2.75, 3.05) is 0 Å². The fourth-order valence-electron chi connectivity index (χ4n) is 0.955. The van der Waals surface area contributed by atoms with Crippen molar-refractivity contribution in [1.29, 1.82) is 0 Å². The Labute approximate surface area is 89.7 Å². The van der Waals surface area contributed by atoms with Gasteiger partial charge in [-0.3, -0.25) is 14.9 Å². The molecular formula is C10H6FNO4. The van der Waals surface area contributed by atoms with Crippen LogP contribution in [0.3, 0.4) is 0 Å². The van der Waals surface area contributed by atoms with Crippen LogP contribution in [0, 0.1) is 27.8 Å². The van der Waals surface area contributed by atoms with Crippen molar-refractivity contribution >= 4 is 11.7 Å². The van der Waals surface area contributed by atoms with Crippen LogP contribution in [0.15, 0.2) is 18.2 Å². The number of nitro groups is 1. The van der Waals surface area contributed by atoms with Gasteiger partial charge in [0.1, 0.15) is 6.42 Å². The lowest BCUT2D eigenvalue weighted by Gasteiger charge is -1.93. The van der Waals surface area contributed by atoms with Crippen LogP contribution in [-0.4, -0.2) is 16.0 Å². The van der Waals surface area contributed by atoms with Crippen molar-refractivity contribution in [1.82, 2.24) is 0 Å². The van der Waals surface area contributed by atoms with Crippen LogP contribution in [0.25, 0.3) is 0 Å². The van der Waals surface area contributed by atoms with E-state index in [0.717, 1.165) is 12.1 Å². The van der Waals surface area contributed by atoms with Gasteiger partial charge < -0.3 is 5.11 Å². The molecule has 1 aromatic carbocycles. The molecule has 0 bridgehead atoms. The Hall–Kier alpha value is -2.42. The van der Waals surface area contributed by atoms with Gasteiger partial charge in [-0.2, -0.15) is 4.39 Å². The van der Waals surface area contributed by atoms with Gasteiger partial charge in [-0.15, -0.1) is 0 Å². The van der Waals surface area contributed by atoms with Crippen LogP contribution < -0.4 is 0 Å². The lowest BCUT2D eigenvalue weighted by Crippen LogP contribution is -1.93. The third kappa shape index (κ3) is 3.06. The smallest absolute Gasteiger partial charge is 0.315 e. The average molecular weight is 223 g/mol. The lowest BCUT2D eigenvalue weighted by molar-refractivity contribution is -0.387. The monoisotopic (exact) mass is 223 g/mol. The highest BCUT2D eigenvalue weighted by Crippen LogP contribution is 2.17. The topological polar surface area (TPSA) is 80.4 Å². The average Bonchev–Trinajstić information content (AvgIpc) is 2.16. The summed E-state index contributed by atoms with van der Waals surface area (Å²) in [6.45, 7) is 0. The summed E-state index contributed by atoms with van der Waals surface area (Å²) in [5.41, 5.74) is -0.437. The van der Waals surface area contributed by atoms with Crippen LogP contribution in [-0.2, 0) is 4.79 Å². The molecule has 1 rings (SSSR count). The number of nitrogens with zero attached hydrogens (tertiary/aromatic N) is 1. The molecule has 0 unspecified atom stereocenters. The van der Waals surface area contributed by atoms with Crippen molar-refractivity contribution in [3.63, 3.8) is 0 Å². The Morgan fingerprint density at radius 2 is 2.25 bits per heavy atom. The highest BCUT2D eigenvalue weighted by molar-refractivity contribution is 5.70. The molecule has 0 radical (unpaired) electrons. The number of carboxylic acids is 1. The predicted octanol–water partition coefficient (Wildman–Crippen LogP) is 1.56. The zero-order chi connectivity index (χ0) is 12.1. The van der Waals surface area contributed by atoms with Gasteiger partial charge in [-0.05, 0) is 12.1 Å². The van der Waals surface area contributed by atoms with E-state index in [1.807, 2.05) is 0 Å². The van der Waals surface area contributed by atoms with Crippen molar-refractivity contribution in [2.24, 2.45) is 0 Å². The molecule has 16 heavy (non-hydrogen) atoms. The summed E-state index contributed by atoms with van der Waals surface area (Å²) in [6, 6.07) is 3.14. The fourth-order valence-corrected chi connectivity index (χ4v) is 0.955. The Balaban J connectivity index is 2.92. The molecule has 0 saturated carbocycles. The van der Waals surface area contributed by atoms with Gasteiger partial charge in [0, 0.05) is 11.6 Å². The minimum atomic E-state index is -1.09. The van der Waals surface area contributed by atoms with Crippen LogP contribution in [0.2, 0.25) is 0 Å². The van der Waals surface area contributed by atoms with E-state index in [0.29, 0.717) is 0 Å². The summed E-state index contributed by atoms with van der Waals surface area (Å²) in [7, 11) is 0. The first-order chi connectivity index (χ1) is 7.50. The molecule has 0 fully saturated rings. The van der Waals surface area contributed by atoms with Gasteiger partial charge in [-0.25, -0.2) is 0 Å². The first-order valence-corrected chi connectivity index (χ1v) is 4.15. The number of carboxylic acid groups (broad SMARTS) is 1. The Morgan fingerprint density at radius 1 is 1.56 bits per heavy atom. The van der Waals surface area contributed by atoms with E-state index in [2.05, 4.69) is 11.8 Å². The molecule has 0 amide bonds. The van der Waals surface area contributed by atoms with Crippen molar-refractivity contribution in [3.8, 4) is 11.8 Å². The summed E-state index contributed by atoms with van der Waals surface area (Å²) in [4.78, 5) is 19.6. The van der Waals surface area contributed by atoms with E-state index in [9.17, 15) is 19.3 Å². The number of hydrogen-bond donors (Lipinski definition) is 1. The van der Waals surface area contributed by atoms with Crippen molar-refractivity contribution < 1.29 is 19.2 Å². The molecule has 0 aliphatic carbocycles. The van der Waals surface area contributed by atoms with Gasteiger partial charge in [0.25, 0.3) is 0 Å². The van der Waals surface area contributed by atoms with Crippen LogP contribution in [0.1, 0.15) is 12.0 Å². The molecule has 0 spiro atoms. The molecule has 1 N–H and O–H groups in total. The standard InChI is InChI=1S/C10H6FNO4/c11-8-6-7(2-1-3-10(13)14)4-5-9(8)12(15)16/h4-6H,3H2,(H,13,14). The predicted molar refractivity (Wildman–Crippen MR) is 52.2 cm³/mol. The normalized spacial score (nSPS) is 9.06. The molecule has 0 saturated heterocycles. The van der Waals surface area contributed by atoms with Crippen molar-refractivity contribution in [3.05, 3.63) is 39.7 Å². The fraction of sp³-hybridized carbons (Fsp3) is 0.100. The van der Waals surface area contributed by atoms with E-state index in [4.69, 9.17) is 5.11 Å². The first-order valence-electron chi connectivity index (χ1n) is 4.15. The summed E-state index contributed by atoms with van der Waals surface area (Å²) in [5.74, 6) is 2.60. The zero-order valence-electron chi connectivity index (χ0n) is 7.94. The molecule has 0 aliphatic rings. The second-order valence-electron chi connectivity index (χ2n) is 2.80. The maximum atomic E-state index is 13.1. The van der Waals surface area contributed by atoms with E-state index in [1.165, 1.54) is 6.07 Å². The van der Waals surface area contributed by atoms with Gasteiger partial charge in [0.15, 0.2) is 0 Å². The number of halogens is 1. The molecule has 0 atom stereocenters. The first kappa shape index (κ1) is 11.7. The van der Waals surface area contributed by atoms with Gasteiger partial charge in [0.05, 0.1) is 4.92 Å². The number of aliphatic carboxylic acids is 1. The summed E-state index contributed by atoms with van der Waals surface area (Å²) >= 11 is 0. The molecule has 0 heterocycles. The lowest BCUT2D eigenvalue weighted by atomic mass is 10.2. The van der Waals surface area contributed by atoms with Crippen molar-refractivity contribution in [2.45, 2.75) is 6.42 Å². The van der Waals surface area contributed by atoms with E-state index in [-0.39, 0.29) is 12.0 Å². The van der Waals surface area contributed by atoms with Gasteiger partial charge in [-0.1, -0.05) is 11.8 Å². The largest absolute Gasteiger partial charge is 0.481 e. The maximum Gasteiger partial charge on any atom is 0.315 e. The quantitative estimate of drug-likeness (QED) is 0.468. The number of hydrogen-bond acceptors (Lipinski definition) is 3. The van der Waals surface area contributed by atoms with Gasteiger partial charge in [0.2, 0.25) is 5.82 Å². The maximum absolute atomic E-state index is 13.1.